The summed E-state index contributed by atoms with van der Waals surface area (Å²) in [5.74, 6) is 0.137. The Morgan fingerprint density at radius 1 is 1.13 bits per heavy atom. The lowest BCUT2D eigenvalue weighted by Gasteiger charge is -2.23. The molecule has 0 radical (unpaired) electrons. The van der Waals surface area contributed by atoms with Crippen molar-refractivity contribution >= 4 is 5.78 Å². The number of carbonyl (C=O) groups is 1. The molecule has 0 aliphatic carbocycles. The molecule has 0 bridgehead atoms. The van der Waals surface area contributed by atoms with Crippen molar-refractivity contribution in [2.75, 3.05) is 20.3 Å². The van der Waals surface area contributed by atoms with E-state index in [4.69, 9.17) is 9.47 Å². The number of methoxy groups -OCH3 is 1. The molecule has 90 valence electrons. The molecule has 0 saturated carbocycles. The second-order valence-corrected chi connectivity index (χ2v) is 5.44. The van der Waals surface area contributed by atoms with Gasteiger partial charge in [0.2, 0.25) is 0 Å². The zero-order valence-corrected chi connectivity index (χ0v) is 10.8. The Kier molecular flexibility index (Phi) is 5.46. The molecule has 0 fully saturated rings. The second kappa shape index (κ2) is 5.61. The summed E-state index contributed by atoms with van der Waals surface area (Å²) in [5.41, 5.74) is -0.485. The maximum absolute atomic E-state index is 11.5. The Morgan fingerprint density at radius 3 is 2.07 bits per heavy atom. The lowest BCUT2D eigenvalue weighted by molar-refractivity contribution is -0.131. The Balaban J connectivity index is 3.69. The van der Waals surface area contributed by atoms with Gasteiger partial charge in [-0.1, -0.05) is 20.8 Å². The number of carbonyl (C=O) groups excluding carboxylic acids is 1. The van der Waals surface area contributed by atoms with E-state index in [1.165, 1.54) is 0 Å². The molecule has 0 aromatic carbocycles. The highest BCUT2D eigenvalue weighted by molar-refractivity contribution is 5.84. The first-order valence-corrected chi connectivity index (χ1v) is 5.35. The Bertz CT molecular complexity index is 201. The van der Waals surface area contributed by atoms with Gasteiger partial charge in [0.25, 0.3) is 0 Å². The molecule has 3 nitrogen and oxygen atoms in total. The minimum atomic E-state index is -0.309. The first kappa shape index (κ1) is 14.6. The molecule has 0 aromatic heterocycles. The summed E-state index contributed by atoms with van der Waals surface area (Å²) in [7, 11) is 1.68. The number of rotatable bonds is 6. The molecule has 0 aliphatic rings. The summed E-state index contributed by atoms with van der Waals surface area (Å²) in [6.07, 6.45) is 0.793. The second-order valence-electron chi connectivity index (χ2n) is 5.44. The Hall–Kier alpha value is -0.410. The average Bonchev–Trinajstić information content (AvgIpc) is 2.10. The van der Waals surface area contributed by atoms with Crippen LogP contribution in [0.15, 0.2) is 0 Å². The van der Waals surface area contributed by atoms with Crippen molar-refractivity contribution in [1.82, 2.24) is 0 Å². The third-order valence-corrected chi connectivity index (χ3v) is 2.47. The van der Waals surface area contributed by atoms with E-state index >= 15 is 0 Å². The van der Waals surface area contributed by atoms with Gasteiger partial charge < -0.3 is 9.47 Å². The molecule has 3 heteroatoms. The molecule has 15 heavy (non-hydrogen) atoms. The average molecular weight is 216 g/mol. The van der Waals surface area contributed by atoms with Gasteiger partial charge in [0.1, 0.15) is 6.61 Å². The van der Waals surface area contributed by atoms with E-state index in [2.05, 4.69) is 0 Å². The van der Waals surface area contributed by atoms with Crippen molar-refractivity contribution in [2.24, 2.45) is 5.41 Å². The number of Topliss-reactive ketones (excluding diaryl/α,β-unsaturated/α-hetero) is 1. The Morgan fingerprint density at radius 2 is 1.67 bits per heavy atom. The van der Waals surface area contributed by atoms with Crippen LogP contribution in [-0.2, 0) is 14.3 Å². The highest BCUT2D eigenvalue weighted by Gasteiger charge is 2.21. The Labute approximate surface area is 93.1 Å². The van der Waals surface area contributed by atoms with Crippen LogP contribution < -0.4 is 0 Å². The summed E-state index contributed by atoms with van der Waals surface area (Å²) in [6, 6.07) is 0. The molecule has 0 N–H and O–H groups in total. The van der Waals surface area contributed by atoms with Gasteiger partial charge >= 0.3 is 0 Å². The maximum Gasteiger partial charge on any atom is 0.163 e. The number of hydrogen-bond donors (Lipinski definition) is 0. The van der Waals surface area contributed by atoms with Crippen LogP contribution in [0.3, 0.4) is 0 Å². The first-order chi connectivity index (χ1) is 6.69. The van der Waals surface area contributed by atoms with Crippen LogP contribution in [0.1, 0.15) is 41.0 Å². The summed E-state index contributed by atoms with van der Waals surface area (Å²) >= 11 is 0. The van der Waals surface area contributed by atoms with Crippen molar-refractivity contribution in [3.63, 3.8) is 0 Å². The van der Waals surface area contributed by atoms with E-state index in [0.29, 0.717) is 6.61 Å². The normalized spacial score (nSPS) is 12.9. The van der Waals surface area contributed by atoms with Gasteiger partial charge in [0, 0.05) is 19.1 Å². The summed E-state index contributed by atoms with van der Waals surface area (Å²) in [6.45, 7) is 10.5. The summed E-state index contributed by atoms with van der Waals surface area (Å²) < 4.78 is 10.6. The van der Waals surface area contributed by atoms with Gasteiger partial charge in [0.05, 0.1) is 5.60 Å². The third-order valence-electron chi connectivity index (χ3n) is 2.47. The largest absolute Gasteiger partial charge is 0.379 e. The van der Waals surface area contributed by atoms with Crippen molar-refractivity contribution in [3.8, 4) is 0 Å². The zero-order chi connectivity index (χ0) is 12.1. The molecule has 0 unspecified atom stereocenters. The molecule has 0 aliphatic heterocycles. The van der Waals surface area contributed by atoms with Crippen molar-refractivity contribution < 1.29 is 14.3 Å². The van der Waals surface area contributed by atoms with Crippen LogP contribution in [0, 0.1) is 5.41 Å². The number of ketones is 1. The first-order valence-electron chi connectivity index (χ1n) is 5.35. The van der Waals surface area contributed by atoms with Crippen LogP contribution in [0.4, 0.5) is 0 Å². The minimum Gasteiger partial charge on any atom is -0.379 e. The molecule has 0 amide bonds. The summed E-state index contributed by atoms with van der Waals surface area (Å²) in [5, 5.41) is 0. The minimum absolute atomic E-state index is 0.137. The fourth-order valence-electron chi connectivity index (χ4n) is 0.801. The highest BCUT2D eigenvalue weighted by Crippen LogP contribution is 2.15. The van der Waals surface area contributed by atoms with Crippen LogP contribution >= 0.6 is 0 Å². The lowest BCUT2D eigenvalue weighted by atomic mass is 9.91. The van der Waals surface area contributed by atoms with Crippen LogP contribution in [0.2, 0.25) is 0 Å². The van der Waals surface area contributed by atoms with Gasteiger partial charge in [-0.15, -0.1) is 0 Å². The molecular formula is C12H24O3. The van der Waals surface area contributed by atoms with Crippen LogP contribution in [0.5, 0.6) is 0 Å². The number of hydrogen-bond acceptors (Lipinski definition) is 3. The van der Waals surface area contributed by atoms with E-state index in [-0.39, 0.29) is 23.4 Å². The van der Waals surface area contributed by atoms with Gasteiger partial charge in [0.15, 0.2) is 5.78 Å². The molecule has 0 atom stereocenters. The smallest absolute Gasteiger partial charge is 0.163 e. The van der Waals surface area contributed by atoms with E-state index < -0.39 is 0 Å². The van der Waals surface area contributed by atoms with Crippen LogP contribution in [-0.4, -0.2) is 31.7 Å². The zero-order valence-electron chi connectivity index (χ0n) is 10.8. The van der Waals surface area contributed by atoms with Crippen LogP contribution in [0.25, 0.3) is 0 Å². The fraction of sp³-hybridized carbons (Fsp3) is 0.917. The van der Waals surface area contributed by atoms with Gasteiger partial charge in [-0.2, -0.15) is 0 Å². The number of ether oxygens (including phenoxy) is 2. The quantitative estimate of drug-likeness (QED) is 0.640. The molecule has 0 saturated heterocycles. The standard InChI is InChI=1S/C12H24O3/c1-11(2,3)10(13)9-15-8-7-12(4,5)14-6/h7-9H2,1-6H3. The molecular weight excluding hydrogens is 192 g/mol. The lowest BCUT2D eigenvalue weighted by Crippen LogP contribution is -2.28. The fourth-order valence-corrected chi connectivity index (χ4v) is 0.801. The van der Waals surface area contributed by atoms with Crippen molar-refractivity contribution in [2.45, 2.75) is 46.6 Å². The monoisotopic (exact) mass is 216 g/mol. The SMILES string of the molecule is COC(C)(C)CCOCC(=O)C(C)(C)C. The van der Waals surface area contributed by atoms with E-state index in [1.807, 2.05) is 34.6 Å². The van der Waals surface area contributed by atoms with Gasteiger partial charge in [-0.05, 0) is 20.3 Å². The molecule has 0 rings (SSSR count). The molecule has 0 heterocycles. The predicted molar refractivity (Wildman–Crippen MR) is 61.0 cm³/mol. The van der Waals surface area contributed by atoms with Crippen molar-refractivity contribution in [1.29, 1.82) is 0 Å². The summed E-state index contributed by atoms with van der Waals surface area (Å²) in [4.78, 5) is 11.5. The van der Waals surface area contributed by atoms with E-state index in [9.17, 15) is 4.79 Å². The topological polar surface area (TPSA) is 35.5 Å². The van der Waals surface area contributed by atoms with Gasteiger partial charge in [-0.3, -0.25) is 4.79 Å². The van der Waals surface area contributed by atoms with Crippen molar-refractivity contribution in [3.05, 3.63) is 0 Å². The van der Waals surface area contributed by atoms with Gasteiger partial charge in [-0.25, -0.2) is 0 Å². The molecule has 0 spiro atoms. The van der Waals surface area contributed by atoms with E-state index in [0.717, 1.165) is 6.42 Å². The highest BCUT2D eigenvalue weighted by atomic mass is 16.5. The third kappa shape index (κ3) is 6.63. The van der Waals surface area contributed by atoms with E-state index in [1.54, 1.807) is 7.11 Å². The molecule has 0 aromatic rings. The maximum atomic E-state index is 11.5. The predicted octanol–water partition coefficient (Wildman–Crippen LogP) is 2.43.